The average Bonchev–Trinajstić information content (AvgIpc) is 3.15. The molecule has 0 amide bonds. The van der Waals surface area contributed by atoms with Crippen LogP contribution >= 0.6 is 11.3 Å². The molecule has 0 spiro atoms. The number of aliphatic hydroxyl groups is 1. The number of aromatic amines is 1. The van der Waals surface area contributed by atoms with Crippen LogP contribution < -0.4 is 5.32 Å². The molecule has 4 nitrogen and oxygen atoms in total. The van der Waals surface area contributed by atoms with Crippen molar-refractivity contribution in [3.05, 3.63) is 52.3 Å². The number of aromatic nitrogens is 2. The number of para-hydroxylation sites is 1. The minimum Gasteiger partial charge on any atom is -0.388 e. The van der Waals surface area contributed by atoms with Crippen LogP contribution in [0.3, 0.4) is 0 Å². The van der Waals surface area contributed by atoms with Crippen molar-refractivity contribution in [2.24, 2.45) is 0 Å². The molecule has 110 valence electrons. The lowest BCUT2D eigenvalue weighted by Gasteiger charge is -2.17. The highest BCUT2D eigenvalue weighted by Crippen LogP contribution is 2.23. The second kappa shape index (κ2) is 6.39. The number of H-pyrrole nitrogens is 1. The molecule has 0 radical (unpaired) electrons. The zero-order chi connectivity index (χ0) is 14.7. The van der Waals surface area contributed by atoms with E-state index in [2.05, 4.69) is 28.5 Å². The Morgan fingerprint density at radius 2 is 2.24 bits per heavy atom. The molecule has 0 fully saturated rings. The third kappa shape index (κ3) is 3.32. The van der Waals surface area contributed by atoms with E-state index in [0.29, 0.717) is 6.42 Å². The summed E-state index contributed by atoms with van der Waals surface area (Å²) in [4.78, 5) is 1.03. The molecule has 21 heavy (non-hydrogen) atoms. The third-order valence-corrected chi connectivity index (χ3v) is 4.63. The number of nitrogens with zero attached hydrogens (tertiary/aromatic N) is 1. The largest absolute Gasteiger partial charge is 0.388 e. The number of benzene rings is 1. The van der Waals surface area contributed by atoms with Gasteiger partial charge in [-0.25, -0.2) is 0 Å². The Morgan fingerprint density at radius 3 is 3.05 bits per heavy atom. The number of hydrogen-bond donors (Lipinski definition) is 3. The second-order valence-corrected chi connectivity index (χ2v) is 6.28. The topological polar surface area (TPSA) is 60.9 Å². The molecular weight excluding hydrogens is 282 g/mol. The van der Waals surface area contributed by atoms with Gasteiger partial charge in [0.1, 0.15) is 0 Å². The Hall–Kier alpha value is -1.69. The van der Waals surface area contributed by atoms with Gasteiger partial charge in [0, 0.05) is 22.8 Å². The van der Waals surface area contributed by atoms with Gasteiger partial charge >= 0.3 is 0 Å². The number of thiophene rings is 1. The molecule has 3 N–H and O–H groups in total. The Bertz CT molecular complexity index is 692. The number of aliphatic hydroxyl groups excluding tert-OH is 1. The smallest absolute Gasteiger partial charge is 0.0896 e. The molecule has 0 bridgehead atoms. The van der Waals surface area contributed by atoms with Crippen LogP contribution in [0.5, 0.6) is 0 Å². The maximum atomic E-state index is 10.2. The molecule has 3 rings (SSSR count). The highest BCUT2D eigenvalue weighted by Gasteiger charge is 2.13. The molecule has 1 aromatic carbocycles. The number of rotatable bonds is 6. The summed E-state index contributed by atoms with van der Waals surface area (Å²) in [5.74, 6) is 0. The summed E-state index contributed by atoms with van der Waals surface area (Å²) in [7, 11) is 0. The zero-order valence-corrected chi connectivity index (χ0v) is 12.7. The fourth-order valence-electron chi connectivity index (χ4n) is 2.48. The van der Waals surface area contributed by atoms with E-state index in [-0.39, 0.29) is 6.04 Å². The van der Waals surface area contributed by atoms with Crippen molar-refractivity contribution in [2.45, 2.75) is 32.0 Å². The maximum absolute atomic E-state index is 10.2. The lowest BCUT2D eigenvalue weighted by Crippen LogP contribution is -2.27. The summed E-state index contributed by atoms with van der Waals surface area (Å²) in [5.41, 5.74) is 2.28. The van der Waals surface area contributed by atoms with Crippen molar-refractivity contribution < 1.29 is 5.11 Å². The predicted octanol–water partition coefficient (Wildman–Crippen LogP) is 3.23. The van der Waals surface area contributed by atoms with Gasteiger partial charge in [-0.05, 0) is 30.4 Å². The van der Waals surface area contributed by atoms with Crippen LogP contribution in [0.25, 0.3) is 10.9 Å². The van der Waals surface area contributed by atoms with Gasteiger partial charge in [-0.15, -0.1) is 11.3 Å². The van der Waals surface area contributed by atoms with E-state index in [1.807, 2.05) is 35.8 Å². The van der Waals surface area contributed by atoms with Crippen molar-refractivity contribution in [3.8, 4) is 0 Å². The van der Waals surface area contributed by atoms with Gasteiger partial charge < -0.3 is 10.4 Å². The highest BCUT2D eigenvalue weighted by atomic mass is 32.1. The molecule has 0 saturated carbocycles. The summed E-state index contributed by atoms with van der Waals surface area (Å²) in [6, 6.07) is 10.4. The summed E-state index contributed by atoms with van der Waals surface area (Å²) >= 11 is 1.60. The molecule has 5 heteroatoms. The second-order valence-electron chi connectivity index (χ2n) is 5.30. The average molecular weight is 301 g/mol. The summed E-state index contributed by atoms with van der Waals surface area (Å²) in [5, 5.41) is 23.9. The SMILES string of the molecule is CC(CC(O)c1cccs1)NCc1cccc2cn[nH]c12. The molecule has 0 aliphatic heterocycles. The van der Waals surface area contributed by atoms with Gasteiger partial charge in [-0.1, -0.05) is 24.3 Å². The van der Waals surface area contributed by atoms with Crippen molar-refractivity contribution in [1.29, 1.82) is 0 Å². The van der Waals surface area contributed by atoms with E-state index >= 15 is 0 Å². The summed E-state index contributed by atoms with van der Waals surface area (Å²) < 4.78 is 0. The fourth-order valence-corrected chi connectivity index (χ4v) is 3.20. The van der Waals surface area contributed by atoms with E-state index in [1.165, 1.54) is 5.56 Å². The number of fused-ring (bicyclic) bond motifs is 1. The number of nitrogens with one attached hydrogen (secondary N) is 2. The molecule has 0 saturated heterocycles. The van der Waals surface area contributed by atoms with Crippen molar-refractivity contribution >= 4 is 22.2 Å². The molecule has 2 heterocycles. The first kappa shape index (κ1) is 14.3. The van der Waals surface area contributed by atoms with E-state index in [0.717, 1.165) is 22.3 Å². The van der Waals surface area contributed by atoms with Crippen LogP contribution in [0.4, 0.5) is 0 Å². The summed E-state index contributed by atoms with van der Waals surface area (Å²) in [6.07, 6.45) is 2.15. The zero-order valence-electron chi connectivity index (χ0n) is 11.9. The first-order chi connectivity index (χ1) is 10.2. The van der Waals surface area contributed by atoms with Crippen LogP contribution in [-0.2, 0) is 6.54 Å². The predicted molar refractivity (Wildman–Crippen MR) is 86.3 cm³/mol. The molecule has 2 unspecified atom stereocenters. The van der Waals surface area contributed by atoms with Crippen LogP contribution in [0.1, 0.15) is 29.9 Å². The van der Waals surface area contributed by atoms with Crippen LogP contribution in [0.2, 0.25) is 0 Å². The molecule has 2 aromatic heterocycles. The lowest BCUT2D eigenvalue weighted by molar-refractivity contribution is 0.157. The van der Waals surface area contributed by atoms with Crippen LogP contribution in [0.15, 0.2) is 41.9 Å². The summed E-state index contributed by atoms with van der Waals surface area (Å²) in [6.45, 7) is 2.86. The maximum Gasteiger partial charge on any atom is 0.0896 e. The Balaban J connectivity index is 1.58. The molecule has 2 atom stereocenters. The molecule has 0 aliphatic carbocycles. The van der Waals surface area contributed by atoms with Gasteiger partial charge in [0.15, 0.2) is 0 Å². The van der Waals surface area contributed by atoms with Gasteiger partial charge in [-0.2, -0.15) is 5.10 Å². The first-order valence-corrected chi connectivity index (χ1v) is 7.98. The minimum absolute atomic E-state index is 0.236. The van der Waals surface area contributed by atoms with Crippen molar-refractivity contribution in [3.63, 3.8) is 0 Å². The van der Waals surface area contributed by atoms with Gasteiger partial charge in [0.25, 0.3) is 0 Å². The lowest BCUT2D eigenvalue weighted by atomic mass is 10.1. The quantitative estimate of drug-likeness (QED) is 0.655. The van der Waals surface area contributed by atoms with Crippen molar-refractivity contribution in [2.75, 3.05) is 0 Å². The Kier molecular flexibility index (Phi) is 4.34. The van der Waals surface area contributed by atoms with E-state index < -0.39 is 6.10 Å². The van der Waals surface area contributed by atoms with Crippen molar-refractivity contribution in [1.82, 2.24) is 15.5 Å². The van der Waals surface area contributed by atoms with Gasteiger partial charge in [0.05, 0.1) is 17.8 Å². The van der Waals surface area contributed by atoms with Gasteiger partial charge in [0.2, 0.25) is 0 Å². The Labute approximate surface area is 127 Å². The number of hydrogen-bond acceptors (Lipinski definition) is 4. The normalized spacial score (nSPS) is 14.4. The Morgan fingerprint density at radius 1 is 1.33 bits per heavy atom. The molecule has 3 aromatic rings. The van der Waals surface area contributed by atoms with E-state index in [1.54, 1.807) is 11.3 Å². The fraction of sp³-hybridized carbons (Fsp3) is 0.312. The minimum atomic E-state index is -0.393. The van der Waals surface area contributed by atoms with E-state index in [9.17, 15) is 5.11 Å². The first-order valence-electron chi connectivity index (χ1n) is 7.10. The highest BCUT2D eigenvalue weighted by molar-refractivity contribution is 7.10. The van der Waals surface area contributed by atoms with Gasteiger partial charge in [-0.3, -0.25) is 5.10 Å². The monoisotopic (exact) mass is 301 g/mol. The third-order valence-electron chi connectivity index (χ3n) is 3.65. The molecule has 0 aliphatic rings. The standard InChI is InChI=1S/C16H19N3OS/c1-11(8-14(20)15-6-3-7-21-15)17-9-12-4-2-5-13-10-18-19-16(12)13/h2-7,10-11,14,17,20H,8-9H2,1H3,(H,18,19). The van der Waals surface area contributed by atoms with Crippen LogP contribution in [0, 0.1) is 0 Å². The molecular formula is C16H19N3OS. The van der Waals surface area contributed by atoms with Crippen LogP contribution in [-0.4, -0.2) is 21.3 Å². The van der Waals surface area contributed by atoms with E-state index in [4.69, 9.17) is 0 Å².